The van der Waals surface area contributed by atoms with Gasteiger partial charge in [0.1, 0.15) is 5.75 Å². The largest absolute Gasteiger partial charge is 0.496 e. The second-order valence-corrected chi connectivity index (χ2v) is 11.8. The lowest BCUT2D eigenvalue weighted by atomic mass is 9.89. The summed E-state index contributed by atoms with van der Waals surface area (Å²) in [4.78, 5) is 19.8. The first kappa shape index (κ1) is 26.1. The highest BCUT2D eigenvalue weighted by atomic mass is 79.9. The van der Waals surface area contributed by atoms with Crippen LogP contribution in [0.15, 0.2) is 76.1 Å². The maximum atomic E-state index is 14.1. The summed E-state index contributed by atoms with van der Waals surface area (Å²) in [6.45, 7) is 6.62. The topological polar surface area (TPSA) is 37.7 Å². The van der Waals surface area contributed by atoms with E-state index in [9.17, 15) is 4.79 Å². The first-order valence-electron chi connectivity index (χ1n) is 12.9. The highest BCUT2D eigenvalue weighted by molar-refractivity contribution is 9.10. The molecule has 37 heavy (non-hydrogen) atoms. The van der Waals surface area contributed by atoms with Gasteiger partial charge >= 0.3 is 0 Å². The highest BCUT2D eigenvalue weighted by Gasteiger charge is 2.29. The number of piperazine rings is 1. The van der Waals surface area contributed by atoms with Crippen LogP contribution in [0.3, 0.4) is 0 Å². The Morgan fingerprint density at radius 2 is 1.81 bits per heavy atom. The number of nitrogens with zero attached hydrogens (tertiary/aromatic N) is 3. The second kappa shape index (κ2) is 11.5. The van der Waals surface area contributed by atoms with Crippen LogP contribution >= 0.6 is 27.7 Å². The normalized spacial score (nSPS) is 20.1. The molecule has 3 aromatic rings. The van der Waals surface area contributed by atoms with Crippen LogP contribution in [-0.2, 0) is 12.8 Å². The smallest absolute Gasteiger partial charge is 0.256 e. The summed E-state index contributed by atoms with van der Waals surface area (Å²) in [5, 5.41) is 0.951. The third-order valence-corrected chi connectivity index (χ3v) is 9.26. The molecule has 2 aromatic carbocycles. The summed E-state index contributed by atoms with van der Waals surface area (Å²) in [7, 11) is 3.73. The number of aromatic nitrogens is 1. The van der Waals surface area contributed by atoms with E-state index in [1.54, 1.807) is 18.9 Å². The maximum absolute atomic E-state index is 14.1. The molecule has 1 aromatic heterocycles. The standard InChI is InChI=1S/C30H34BrN3O2S/c1-21-9-7-8-10-22(21)19-33-13-15-34(16-14-33)30(35)29-24-17-28(36-3)25(31)18-26(24)32(2)27(29)20-37-23-11-5-4-6-12-23/h4-12,17-18,21-22H,13-16,19-20H2,1-3H3. The van der Waals surface area contributed by atoms with E-state index >= 15 is 0 Å². The number of benzene rings is 2. The van der Waals surface area contributed by atoms with Gasteiger partial charge in [-0.05, 0) is 52.0 Å². The molecule has 0 saturated carbocycles. The number of rotatable bonds is 7. The Morgan fingerprint density at radius 1 is 1.08 bits per heavy atom. The molecule has 1 aliphatic carbocycles. The van der Waals surface area contributed by atoms with E-state index in [1.165, 1.54) is 4.90 Å². The van der Waals surface area contributed by atoms with E-state index in [-0.39, 0.29) is 5.91 Å². The molecular weight excluding hydrogens is 546 g/mol. The van der Waals surface area contributed by atoms with Gasteiger partial charge in [-0.15, -0.1) is 11.8 Å². The van der Waals surface area contributed by atoms with E-state index in [2.05, 4.69) is 94.0 Å². The number of fused-ring (bicyclic) bond motifs is 1. The molecule has 2 heterocycles. The molecule has 2 atom stereocenters. The molecule has 5 rings (SSSR count). The molecular formula is C30H34BrN3O2S. The molecule has 1 amide bonds. The van der Waals surface area contributed by atoms with Crippen molar-refractivity contribution in [2.24, 2.45) is 18.9 Å². The average molecular weight is 581 g/mol. The quantitative estimate of drug-likeness (QED) is 0.304. The molecule has 7 heteroatoms. The van der Waals surface area contributed by atoms with E-state index in [0.717, 1.165) is 70.9 Å². The number of carbonyl (C=O) groups excluding carboxylic acids is 1. The van der Waals surface area contributed by atoms with Crippen LogP contribution < -0.4 is 4.74 Å². The molecule has 0 bridgehead atoms. The Morgan fingerprint density at radius 3 is 2.51 bits per heavy atom. The molecule has 0 radical (unpaired) electrons. The van der Waals surface area contributed by atoms with Gasteiger partial charge in [0, 0.05) is 61.5 Å². The van der Waals surface area contributed by atoms with Gasteiger partial charge < -0.3 is 14.2 Å². The van der Waals surface area contributed by atoms with Gasteiger partial charge in [0.05, 0.1) is 22.7 Å². The van der Waals surface area contributed by atoms with Crippen LogP contribution in [0, 0.1) is 11.8 Å². The van der Waals surface area contributed by atoms with E-state index in [4.69, 9.17) is 4.74 Å². The summed E-state index contributed by atoms with van der Waals surface area (Å²) < 4.78 is 8.66. The fourth-order valence-corrected chi connectivity index (χ4v) is 6.79. The van der Waals surface area contributed by atoms with Gasteiger partial charge in [0.25, 0.3) is 5.91 Å². The number of thioether (sulfide) groups is 1. The zero-order valence-corrected chi connectivity index (χ0v) is 24.1. The summed E-state index contributed by atoms with van der Waals surface area (Å²) in [6, 6.07) is 14.4. The lowest BCUT2D eigenvalue weighted by molar-refractivity contribution is 0.0619. The zero-order valence-electron chi connectivity index (χ0n) is 21.7. The molecule has 0 spiro atoms. The second-order valence-electron chi connectivity index (χ2n) is 9.87. The van der Waals surface area contributed by atoms with Crippen molar-refractivity contribution >= 4 is 44.5 Å². The van der Waals surface area contributed by atoms with Crippen molar-refractivity contribution in [3.05, 3.63) is 82.5 Å². The SMILES string of the molecule is COc1cc2c(C(=O)N3CCN(CC4C=CC=CC4C)CC3)c(CSc3ccccc3)n(C)c2cc1Br. The lowest BCUT2D eigenvalue weighted by Gasteiger charge is -2.37. The molecule has 1 saturated heterocycles. The summed E-state index contributed by atoms with van der Waals surface area (Å²) in [5.41, 5.74) is 2.88. The van der Waals surface area contributed by atoms with Crippen molar-refractivity contribution in [3.63, 3.8) is 0 Å². The van der Waals surface area contributed by atoms with Gasteiger partial charge in [0.15, 0.2) is 0 Å². The molecule has 2 unspecified atom stereocenters. The van der Waals surface area contributed by atoms with Gasteiger partial charge in [0.2, 0.25) is 0 Å². The number of amides is 1. The monoisotopic (exact) mass is 579 g/mol. The molecule has 5 nitrogen and oxygen atoms in total. The first-order valence-corrected chi connectivity index (χ1v) is 14.6. The minimum Gasteiger partial charge on any atom is -0.496 e. The van der Waals surface area contributed by atoms with Crippen molar-refractivity contribution in [3.8, 4) is 5.75 Å². The van der Waals surface area contributed by atoms with Crippen molar-refractivity contribution in [1.29, 1.82) is 0 Å². The third kappa shape index (κ3) is 5.54. The number of hydrogen-bond acceptors (Lipinski definition) is 4. The Bertz CT molecular complexity index is 1330. The van der Waals surface area contributed by atoms with Gasteiger partial charge in [-0.2, -0.15) is 0 Å². The Labute approximate surface area is 232 Å². The molecule has 1 fully saturated rings. The number of aryl methyl sites for hydroxylation is 1. The number of carbonyl (C=O) groups is 1. The van der Waals surface area contributed by atoms with Crippen LogP contribution in [-0.4, -0.2) is 60.1 Å². The molecule has 1 aliphatic heterocycles. The highest BCUT2D eigenvalue weighted by Crippen LogP contribution is 2.37. The minimum atomic E-state index is 0.118. The van der Waals surface area contributed by atoms with Crippen molar-refractivity contribution in [2.45, 2.75) is 17.6 Å². The van der Waals surface area contributed by atoms with E-state index in [0.29, 0.717) is 11.8 Å². The zero-order chi connectivity index (χ0) is 25.9. The number of methoxy groups -OCH3 is 1. The molecule has 2 aliphatic rings. The fourth-order valence-electron chi connectivity index (χ4n) is 5.30. The molecule has 194 valence electrons. The predicted octanol–water partition coefficient (Wildman–Crippen LogP) is 6.38. The Balaban J connectivity index is 1.39. The number of halogens is 1. The number of allylic oxidation sites excluding steroid dienone is 3. The van der Waals surface area contributed by atoms with Gasteiger partial charge in [-0.25, -0.2) is 0 Å². The van der Waals surface area contributed by atoms with Crippen LogP contribution in [0.2, 0.25) is 0 Å². The van der Waals surface area contributed by atoms with Crippen molar-refractivity contribution < 1.29 is 9.53 Å². The van der Waals surface area contributed by atoms with E-state index < -0.39 is 0 Å². The Hall–Kier alpha value is -2.48. The van der Waals surface area contributed by atoms with Crippen molar-refractivity contribution in [2.75, 3.05) is 39.8 Å². The van der Waals surface area contributed by atoms with Crippen LogP contribution in [0.1, 0.15) is 23.0 Å². The summed E-state index contributed by atoms with van der Waals surface area (Å²) in [6.07, 6.45) is 8.91. The summed E-state index contributed by atoms with van der Waals surface area (Å²) in [5.74, 6) is 2.67. The van der Waals surface area contributed by atoms with Gasteiger partial charge in [-0.1, -0.05) is 49.4 Å². The number of ether oxygens (including phenoxy) is 1. The maximum Gasteiger partial charge on any atom is 0.256 e. The van der Waals surface area contributed by atoms with Crippen LogP contribution in [0.5, 0.6) is 5.75 Å². The van der Waals surface area contributed by atoms with Crippen molar-refractivity contribution in [1.82, 2.24) is 14.4 Å². The van der Waals surface area contributed by atoms with Crippen LogP contribution in [0.25, 0.3) is 10.9 Å². The average Bonchev–Trinajstić information content (AvgIpc) is 3.19. The van der Waals surface area contributed by atoms with Gasteiger partial charge in [-0.3, -0.25) is 9.69 Å². The fraction of sp³-hybridized carbons (Fsp3) is 0.367. The third-order valence-electron chi connectivity index (χ3n) is 7.61. The molecule has 0 N–H and O–H groups in total. The van der Waals surface area contributed by atoms with Crippen LogP contribution in [0.4, 0.5) is 0 Å². The predicted molar refractivity (Wildman–Crippen MR) is 156 cm³/mol. The summed E-state index contributed by atoms with van der Waals surface area (Å²) >= 11 is 5.39. The van der Waals surface area contributed by atoms with E-state index in [1.807, 2.05) is 17.0 Å². The number of hydrogen-bond donors (Lipinski definition) is 0. The minimum absolute atomic E-state index is 0.118. The lowest BCUT2D eigenvalue weighted by Crippen LogP contribution is -2.50. The Kier molecular flexibility index (Phi) is 8.12. The first-order chi connectivity index (χ1) is 18.0.